The van der Waals surface area contributed by atoms with Crippen molar-refractivity contribution in [1.82, 2.24) is 5.32 Å². The van der Waals surface area contributed by atoms with Crippen molar-refractivity contribution in [2.45, 2.75) is 30.8 Å². The molecule has 102 valence electrons. The average Bonchev–Trinajstić information content (AvgIpc) is 3.14. The molecule has 0 bridgehead atoms. The molecule has 2 aliphatic rings. The number of nitrogens with one attached hydrogen (secondary N) is 1. The Morgan fingerprint density at radius 2 is 2.00 bits per heavy atom. The minimum atomic E-state index is -0.597. The molecule has 0 aromatic heterocycles. The molecule has 0 spiro atoms. The highest BCUT2D eigenvalue weighted by molar-refractivity contribution is 5.82. The van der Waals surface area contributed by atoms with Crippen LogP contribution in [0.15, 0.2) is 18.2 Å². The van der Waals surface area contributed by atoms with Crippen LogP contribution >= 0.6 is 0 Å². The third-order valence-corrected chi connectivity index (χ3v) is 4.03. The second-order valence-corrected chi connectivity index (χ2v) is 5.27. The third kappa shape index (κ3) is 2.23. The van der Waals surface area contributed by atoms with Gasteiger partial charge in [-0.3, -0.25) is 4.79 Å². The van der Waals surface area contributed by atoms with Crippen LogP contribution in [0, 0.1) is 11.6 Å². The number of ether oxygens (including phenoxy) is 1. The van der Waals surface area contributed by atoms with Crippen molar-refractivity contribution in [3.8, 4) is 0 Å². The average molecular weight is 267 g/mol. The third-order valence-electron chi connectivity index (χ3n) is 4.03. The summed E-state index contributed by atoms with van der Waals surface area (Å²) in [5, 5.41) is 2.74. The predicted molar refractivity (Wildman–Crippen MR) is 64.6 cm³/mol. The Morgan fingerprint density at radius 1 is 1.37 bits per heavy atom. The highest BCUT2D eigenvalue weighted by Crippen LogP contribution is 2.45. The van der Waals surface area contributed by atoms with E-state index >= 15 is 0 Å². The molecule has 1 aromatic rings. The van der Waals surface area contributed by atoms with Crippen LogP contribution in [-0.4, -0.2) is 25.2 Å². The van der Waals surface area contributed by atoms with Gasteiger partial charge in [-0.15, -0.1) is 0 Å². The first-order valence-corrected chi connectivity index (χ1v) is 6.46. The van der Waals surface area contributed by atoms with Crippen LogP contribution < -0.4 is 5.32 Å². The molecule has 2 fully saturated rings. The molecular formula is C14H15F2NO2. The predicted octanol–water partition coefficient (Wildman–Crippen LogP) is 1.90. The van der Waals surface area contributed by atoms with E-state index in [1.54, 1.807) is 0 Å². The first-order valence-electron chi connectivity index (χ1n) is 6.46. The molecule has 1 aromatic carbocycles. The molecule has 1 aliphatic heterocycles. The Kier molecular flexibility index (Phi) is 3.01. The van der Waals surface area contributed by atoms with E-state index in [0.29, 0.717) is 19.4 Å². The number of epoxide rings is 1. The Morgan fingerprint density at radius 3 is 2.47 bits per heavy atom. The summed E-state index contributed by atoms with van der Waals surface area (Å²) >= 11 is 0. The lowest BCUT2D eigenvalue weighted by Crippen LogP contribution is -2.47. The number of benzene rings is 1. The molecule has 1 saturated heterocycles. The minimum Gasteiger partial charge on any atom is -0.363 e. The molecule has 1 amide bonds. The number of rotatable bonds is 4. The Hall–Kier alpha value is -1.49. The van der Waals surface area contributed by atoms with E-state index in [4.69, 9.17) is 4.74 Å². The van der Waals surface area contributed by atoms with Crippen LogP contribution in [0.4, 0.5) is 8.78 Å². The second kappa shape index (κ2) is 4.56. The van der Waals surface area contributed by atoms with Crippen LogP contribution in [-0.2, 0) is 14.9 Å². The van der Waals surface area contributed by atoms with E-state index in [-0.39, 0.29) is 24.1 Å². The molecular weight excluding hydrogens is 252 g/mol. The van der Waals surface area contributed by atoms with E-state index in [1.807, 2.05) is 0 Å². The van der Waals surface area contributed by atoms with E-state index in [2.05, 4.69) is 5.32 Å². The molecule has 1 saturated carbocycles. The summed E-state index contributed by atoms with van der Waals surface area (Å²) in [5.41, 5.74) is -0.488. The molecule has 1 heterocycles. The number of halogens is 2. The molecule has 1 N–H and O–H groups in total. The lowest BCUT2D eigenvalue weighted by atomic mass is 9.64. The van der Waals surface area contributed by atoms with E-state index in [1.165, 1.54) is 18.2 Å². The van der Waals surface area contributed by atoms with Crippen LogP contribution in [0.2, 0.25) is 0 Å². The van der Waals surface area contributed by atoms with Gasteiger partial charge in [0.2, 0.25) is 0 Å². The summed E-state index contributed by atoms with van der Waals surface area (Å²) in [7, 11) is 0. The molecule has 1 aliphatic carbocycles. The van der Waals surface area contributed by atoms with Gasteiger partial charge in [0.25, 0.3) is 5.91 Å². The lowest BCUT2D eigenvalue weighted by Gasteiger charge is -2.42. The molecule has 3 nitrogen and oxygen atoms in total. The molecule has 0 radical (unpaired) electrons. The van der Waals surface area contributed by atoms with Crippen LogP contribution in [0.25, 0.3) is 0 Å². The summed E-state index contributed by atoms with van der Waals surface area (Å²) in [6, 6.07) is 3.89. The van der Waals surface area contributed by atoms with Crippen molar-refractivity contribution in [2.75, 3.05) is 13.2 Å². The fourth-order valence-electron chi connectivity index (χ4n) is 2.69. The van der Waals surface area contributed by atoms with Gasteiger partial charge in [-0.25, -0.2) is 8.78 Å². The number of carbonyl (C=O) groups excluding carboxylic acids is 1. The van der Waals surface area contributed by atoms with E-state index in [9.17, 15) is 13.6 Å². The van der Waals surface area contributed by atoms with Crippen LogP contribution in [0.3, 0.4) is 0 Å². The number of hydrogen-bond acceptors (Lipinski definition) is 2. The van der Waals surface area contributed by atoms with Crippen molar-refractivity contribution >= 4 is 5.91 Å². The maximum Gasteiger partial charge on any atom is 0.251 e. The van der Waals surface area contributed by atoms with Crippen LogP contribution in [0.1, 0.15) is 24.8 Å². The summed E-state index contributed by atoms with van der Waals surface area (Å²) in [5.74, 6) is -1.25. The Balaban J connectivity index is 1.80. The van der Waals surface area contributed by atoms with Crippen molar-refractivity contribution in [3.63, 3.8) is 0 Å². The fraction of sp³-hybridized carbons (Fsp3) is 0.500. The van der Waals surface area contributed by atoms with Gasteiger partial charge in [-0.05, 0) is 25.0 Å². The number of carbonyl (C=O) groups is 1. The normalized spacial score (nSPS) is 23.6. The SMILES string of the molecule is O=C(NCC1(c2c(F)cccc2F)CCC1)C1CO1. The fourth-order valence-corrected chi connectivity index (χ4v) is 2.69. The van der Waals surface area contributed by atoms with Gasteiger partial charge in [0, 0.05) is 17.5 Å². The van der Waals surface area contributed by atoms with Gasteiger partial charge in [0.05, 0.1) is 6.61 Å². The first-order chi connectivity index (χ1) is 9.12. The van der Waals surface area contributed by atoms with Gasteiger partial charge in [0.15, 0.2) is 6.10 Å². The molecule has 5 heteroatoms. The molecule has 1 unspecified atom stereocenters. The standard InChI is InChI=1S/C14H15F2NO2/c15-9-3-1-4-10(16)12(9)14(5-2-6-14)8-17-13(18)11-7-19-11/h1,3-4,11H,2,5-8H2,(H,17,18). The molecule has 1 atom stereocenters. The first kappa shape index (κ1) is 12.5. The van der Waals surface area contributed by atoms with E-state index in [0.717, 1.165) is 6.42 Å². The largest absolute Gasteiger partial charge is 0.363 e. The van der Waals surface area contributed by atoms with Gasteiger partial charge >= 0.3 is 0 Å². The maximum absolute atomic E-state index is 13.9. The van der Waals surface area contributed by atoms with Gasteiger partial charge in [-0.1, -0.05) is 12.5 Å². The van der Waals surface area contributed by atoms with Crippen molar-refractivity contribution in [1.29, 1.82) is 0 Å². The highest BCUT2D eigenvalue weighted by atomic mass is 19.1. The van der Waals surface area contributed by atoms with E-state index < -0.39 is 17.0 Å². The quantitative estimate of drug-likeness (QED) is 0.847. The Labute approximate surface area is 109 Å². The van der Waals surface area contributed by atoms with Crippen molar-refractivity contribution < 1.29 is 18.3 Å². The van der Waals surface area contributed by atoms with Crippen molar-refractivity contribution in [2.24, 2.45) is 0 Å². The second-order valence-electron chi connectivity index (χ2n) is 5.27. The highest BCUT2D eigenvalue weighted by Gasteiger charge is 2.43. The molecule has 3 rings (SSSR count). The lowest BCUT2D eigenvalue weighted by molar-refractivity contribution is -0.122. The summed E-state index contributed by atoms with van der Waals surface area (Å²) in [6.45, 7) is 0.705. The van der Waals surface area contributed by atoms with Gasteiger partial charge in [-0.2, -0.15) is 0 Å². The number of hydrogen-bond donors (Lipinski definition) is 1. The summed E-state index contributed by atoms with van der Waals surface area (Å²) in [4.78, 5) is 11.6. The zero-order valence-electron chi connectivity index (χ0n) is 10.4. The maximum atomic E-state index is 13.9. The van der Waals surface area contributed by atoms with Crippen LogP contribution in [0.5, 0.6) is 0 Å². The van der Waals surface area contributed by atoms with Gasteiger partial charge in [0.1, 0.15) is 11.6 Å². The van der Waals surface area contributed by atoms with Crippen molar-refractivity contribution in [3.05, 3.63) is 35.4 Å². The number of amides is 1. The smallest absolute Gasteiger partial charge is 0.251 e. The molecule has 19 heavy (non-hydrogen) atoms. The zero-order valence-corrected chi connectivity index (χ0v) is 10.4. The topological polar surface area (TPSA) is 41.6 Å². The summed E-state index contributed by atoms with van der Waals surface area (Å²) in [6.07, 6.45) is 1.93. The summed E-state index contributed by atoms with van der Waals surface area (Å²) < 4.78 is 32.6. The monoisotopic (exact) mass is 267 g/mol. The zero-order chi connectivity index (χ0) is 13.5. The van der Waals surface area contributed by atoms with Gasteiger partial charge < -0.3 is 10.1 Å². The Bertz CT molecular complexity index is 490. The minimum absolute atomic E-state index is 0.110.